The molecule has 1 amide bonds. The Bertz CT molecular complexity index is 646. The summed E-state index contributed by atoms with van der Waals surface area (Å²) >= 11 is 0. The smallest absolute Gasteiger partial charge is 0.303 e. The molecular formula is C14H16N2O4. The van der Waals surface area contributed by atoms with Gasteiger partial charge in [-0.2, -0.15) is 0 Å². The quantitative estimate of drug-likeness (QED) is 0.875. The summed E-state index contributed by atoms with van der Waals surface area (Å²) in [5, 5.41) is 11.2. The van der Waals surface area contributed by atoms with E-state index >= 15 is 0 Å². The summed E-state index contributed by atoms with van der Waals surface area (Å²) in [6.07, 6.45) is -0.237. The van der Waals surface area contributed by atoms with Crippen molar-refractivity contribution in [3.05, 3.63) is 24.1 Å². The highest BCUT2D eigenvalue weighted by Crippen LogP contribution is 2.23. The van der Waals surface area contributed by atoms with Crippen molar-refractivity contribution in [2.45, 2.75) is 32.6 Å². The number of rotatable bonds is 5. The highest BCUT2D eigenvalue weighted by Gasteiger charge is 2.11. The molecule has 0 aliphatic rings. The van der Waals surface area contributed by atoms with Crippen LogP contribution in [-0.2, 0) is 9.59 Å². The number of oxazole rings is 1. The number of fused-ring (bicyclic) bond motifs is 1. The van der Waals surface area contributed by atoms with Gasteiger partial charge in [-0.1, -0.05) is 13.8 Å². The first-order valence-corrected chi connectivity index (χ1v) is 6.38. The van der Waals surface area contributed by atoms with Crippen molar-refractivity contribution in [1.29, 1.82) is 0 Å². The van der Waals surface area contributed by atoms with E-state index in [2.05, 4.69) is 10.3 Å². The lowest BCUT2D eigenvalue weighted by Crippen LogP contribution is -2.13. The highest BCUT2D eigenvalue weighted by molar-refractivity contribution is 5.94. The number of nitrogens with one attached hydrogen (secondary N) is 1. The van der Waals surface area contributed by atoms with Gasteiger partial charge in [-0.05, 0) is 18.2 Å². The Kier molecular flexibility index (Phi) is 4.02. The maximum Gasteiger partial charge on any atom is 0.303 e. The first-order chi connectivity index (χ1) is 9.45. The zero-order valence-electron chi connectivity index (χ0n) is 11.3. The molecule has 2 aromatic rings. The Morgan fingerprint density at radius 3 is 2.75 bits per heavy atom. The number of hydrogen-bond acceptors (Lipinski definition) is 4. The van der Waals surface area contributed by atoms with Gasteiger partial charge < -0.3 is 14.8 Å². The van der Waals surface area contributed by atoms with Crippen LogP contribution in [0.25, 0.3) is 11.1 Å². The third-order valence-corrected chi connectivity index (χ3v) is 2.75. The van der Waals surface area contributed by atoms with Crippen molar-refractivity contribution >= 4 is 28.7 Å². The van der Waals surface area contributed by atoms with Crippen molar-refractivity contribution in [2.75, 3.05) is 5.32 Å². The first-order valence-electron chi connectivity index (χ1n) is 6.38. The molecule has 6 nitrogen and oxygen atoms in total. The average molecular weight is 276 g/mol. The Morgan fingerprint density at radius 1 is 1.35 bits per heavy atom. The molecular weight excluding hydrogens is 260 g/mol. The fourth-order valence-corrected chi connectivity index (χ4v) is 1.71. The van der Waals surface area contributed by atoms with Crippen LogP contribution < -0.4 is 5.32 Å². The van der Waals surface area contributed by atoms with Crippen LogP contribution in [0.4, 0.5) is 5.69 Å². The molecule has 0 atom stereocenters. The first kappa shape index (κ1) is 14.0. The van der Waals surface area contributed by atoms with Crippen LogP contribution >= 0.6 is 0 Å². The summed E-state index contributed by atoms with van der Waals surface area (Å²) in [4.78, 5) is 26.3. The van der Waals surface area contributed by atoms with Crippen molar-refractivity contribution in [3.8, 4) is 0 Å². The number of aliphatic carboxylic acids is 1. The molecule has 0 bridgehead atoms. The molecule has 0 saturated heterocycles. The molecule has 0 radical (unpaired) electrons. The number of aromatic nitrogens is 1. The van der Waals surface area contributed by atoms with Crippen molar-refractivity contribution in [1.82, 2.24) is 4.98 Å². The van der Waals surface area contributed by atoms with E-state index in [-0.39, 0.29) is 24.7 Å². The van der Waals surface area contributed by atoms with E-state index in [1.807, 2.05) is 13.8 Å². The molecule has 1 aromatic carbocycles. The van der Waals surface area contributed by atoms with Gasteiger partial charge >= 0.3 is 5.97 Å². The third kappa shape index (κ3) is 3.34. The number of anilines is 1. The number of carbonyl (C=O) groups is 2. The molecule has 0 unspecified atom stereocenters. The van der Waals surface area contributed by atoms with E-state index < -0.39 is 5.97 Å². The molecule has 0 spiro atoms. The monoisotopic (exact) mass is 276 g/mol. The molecule has 2 N–H and O–H groups in total. The Hall–Kier alpha value is -2.37. The van der Waals surface area contributed by atoms with E-state index in [0.717, 1.165) is 0 Å². The van der Waals surface area contributed by atoms with Gasteiger partial charge in [-0.25, -0.2) is 4.98 Å². The highest BCUT2D eigenvalue weighted by atomic mass is 16.4. The van der Waals surface area contributed by atoms with E-state index in [1.165, 1.54) is 0 Å². The molecule has 6 heteroatoms. The largest absolute Gasteiger partial charge is 0.481 e. The van der Waals surface area contributed by atoms with Crippen LogP contribution in [0.1, 0.15) is 38.5 Å². The average Bonchev–Trinajstić information content (AvgIpc) is 2.79. The third-order valence-electron chi connectivity index (χ3n) is 2.75. The fourth-order valence-electron chi connectivity index (χ4n) is 1.71. The van der Waals surface area contributed by atoms with Crippen LogP contribution in [0.15, 0.2) is 22.6 Å². The second-order valence-corrected chi connectivity index (χ2v) is 4.83. The van der Waals surface area contributed by atoms with E-state index in [0.29, 0.717) is 22.7 Å². The predicted octanol–water partition coefficient (Wildman–Crippen LogP) is 2.75. The molecule has 0 aliphatic heterocycles. The molecule has 20 heavy (non-hydrogen) atoms. The minimum atomic E-state index is -0.992. The molecule has 0 fully saturated rings. The Balaban J connectivity index is 2.11. The molecule has 1 heterocycles. The number of hydrogen-bond donors (Lipinski definition) is 2. The van der Waals surface area contributed by atoms with Crippen LogP contribution in [-0.4, -0.2) is 22.0 Å². The lowest BCUT2D eigenvalue weighted by Gasteiger charge is -2.03. The maximum absolute atomic E-state index is 11.5. The SMILES string of the molecule is CC(C)c1nc2cc(NC(=O)CCC(=O)O)ccc2o1. The zero-order valence-corrected chi connectivity index (χ0v) is 11.3. The summed E-state index contributed by atoms with van der Waals surface area (Å²) < 4.78 is 5.57. The number of carboxylic acids is 1. The van der Waals surface area contributed by atoms with E-state index in [1.54, 1.807) is 18.2 Å². The minimum Gasteiger partial charge on any atom is -0.481 e. The van der Waals surface area contributed by atoms with Gasteiger partial charge in [0.1, 0.15) is 5.52 Å². The zero-order chi connectivity index (χ0) is 14.7. The predicted molar refractivity (Wildman–Crippen MR) is 73.6 cm³/mol. The van der Waals surface area contributed by atoms with Crippen LogP contribution in [0, 0.1) is 0 Å². The van der Waals surface area contributed by atoms with Crippen LogP contribution in [0.2, 0.25) is 0 Å². The van der Waals surface area contributed by atoms with E-state index in [9.17, 15) is 9.59 Å². The summed E-state index contributed by atoms with van der Waals surface area (Å²) in [5.74, 6) is -0.488. The standard InChI is InChI=1S/C14H16N2O4/c1-8(2)14-16-10-7-9(3-4-11(10)20-14)15-12(17)5-6-13(18)19/h3-4,7-8H,5-6H2,1-2H3,(H,15,17)(H,18,19). The van der Waals surface area contributed by atoms with Gasteiger partial charge in [0.15, 0.2) is 11.5 Å². The number of carboxylic acid groups (broad SMARTS) is 1. The van der Waals surface area contributed by atoms with Crippen molar-refractivity contribution in [3.63, 3.8) is 0 Å². The second-order valence-electron chi connectivity index (χ2n) is 4.83. The number of carbonyl (C=O) groups excluding carboxylic acids is 1. The van der Waals surface area contributed by atoms with Gasteiger partial charge in [0.2, 0.25) is 5.91 Å². The van der Waals surface area contributed by atoms with Gasteiger partial charge in [0.05, 0.1) is 6.42 Å². The minimum absolute atomic E-state index is 0.0522. The molecule has 106 valence electrons. The second kappa shape index (κ2) is 5.73. The number of nitrogens with zero attached hydrogens (tertiary/aromatic N) is 1. The lowest BCUT2D eigenvalue weighted by molar-refractivity contribution is -0.138. The normalized spacial score (nSPS) is 10.9. The summed E-state index contributed by atoms with van der Waals surface area (Å²) in [5.41, 5.74) is 1.92. The summed E-state index contributed by atoms with van der Waals surface area (Å²) in [6.45, 7) is 3.97. The van der Waals surface area contributed by atoms with Crippen molar-refractivity contribution < 1.29 is 19.1 Å². The topological polar surface area (TPSA) is 92.4 Å². The fraction of sp³-hybridized carbons (Fsp3) is 0.357. The van der Waals surface area contributed by atoms with Gasteiger partial charge in [0, 0.05) is 18.0 Å². The van der Waals surface area contributed by atoms with Gasteiger partial charge in [0.25, 0.3) is 0 Å². The number of benzene rings is 1. The molecule has 0 aliphatic carbocycles. The van der Waals surface area contributed by atoms with Crippen molar-refractivity contribution in [2.24, 2.45) is 0 Å². The Morgan fingerprint density at radius 2 is 2.10 bits per heavy atom. The van der Waals surface area contributed by atoms with Gasteiger partial charge in [-0.3, -0.25) is 9.59 Å². The molecule has 2 rings (SSSR count). The van der Waals surface area contributed by atoms with Crippen LogP contribution in [0.3, 0.4) is 0 Å². The lowest BCUT2D eigenvalue weighted by atomic mass is 10.2. The Labute approximate surface area is 115 Å². The molecule has 0 saturated carbocycles. The molecule has 1 aromatic heterocycles. The summed E-state index contributed by atoms with van der Waals surface area (Å²) in [6, 6.07) is 5.15. The van der Waals surface area contributed by atoms with E-state index in [4.69, 9.17) is 9.52 Å². The number of amides is 1. The maximum atomic E-state index is 11.5. The van der Waals surface area contributed by atoms with Gasteiger partial charge in [-0.15, -0.1) is 0 Å². The summed E-state index contributed by atoms with van der Waals surface area (Å²) in [7, 11) is 0. The van der Waals surface area contributed by atoms with Crippen LogP contribution in [0.5, 0.6) is 0 Å².